The highest BCUT2D eigenvalue weighted by molar-refractivity contribution is 5.83. The van der Waals surface area contributed by atoms with Crippen LogP contribution in [-0.2, 0) is 9.53 Å². The van der Waals surface area contributed by atoms with Crippen LogP contribution in [0.3, 0.4) is 0 Å². The van der Waals surface area contributed by atoms with Crippen LogP contribution in [0.4, 0.5) is 0 Å². The minimum atomic E-state index is -0.364. The largest absolute Gasteiger partial charge is 0.468 e. The number of esters is 1. The molecule has 5 nitrogen and oxygen atoms in total. The van der Waals surface area contributed by atoms with Gasteiger partial charge in [-0.3, -0.25) is 9.79 Å². The van der Waals surface area contributed by atoms with Crippen molar-refractivity contribution in [1.29, 1.82) is 0 Å². The lowest BCUT2D eigenvalue weighted by molar-refractivity contribution is -0.138. The molecule has 0 spiro atoms. The number of ether oxygens (including phenoxy) is 3. The molecule has 5 heteroatoms. The van der Waals surface area contributed by atoms with Crippen LogP contribution in [0, 0.1) is 0 Å². The van der Waals surface area contributed by atoms with E-state index in [0.29, 0.717) is 5.75 Å². The van der Waals surface area contributed by atoms with Crippen LogP contribution < -0.4 is 9.47 Å². The second kappa shape index (κ2) is 4.65. The lowest BCUT2D eigenvalue weighted by Gasteiger charge is -1.97. The summed E-state index contributed by atoms with van der Waals surface area (Å²) >= 11 is 0. The number of rotatable bonds is 3. The molecule has 1 aromatic carbocycles. The summed E-state index contributed by atoms with van der Waals surface area (Å²) in [4.78, 5) is 14.8. The number of methoxy groups -OCH3 is 1. The number of nitrogens with zero attached hydrogens (tertiary/aromatic N) is 1. The van der Waals surface area contributed by atoms with E-state index in [1.165, 1.54) is 7.11 Å². The van der Waals surface area contributed by atoms with Crippen molar-refractivity contribution in [2.75, 3.05) is 20.4 Å². The van der Waals surface area contributed by atoms with Gasteiger partial charge in [0.25, 0.3) is 0 Å². The number of carbonyl (C=O) groups is 1. The minimum absolute atomic E-state index is 0.0188. The topological polar surface area (TPSA) is 57.1 Å². The van der Waals surface area contributed by atoms with Gasteiger partial charge in [-0.2, -0.15) is 0 Å². The predicted octanol–water partition coefficient (Wildman–Crippen LogP) is 1.01. The smallest absolute Gasteiger partial charge is 0.327 e. The van der Waals surface area contributed by atoms with E-state index in [4.69, 9.17) is 9.47 Å². The summed E-state index contributed by atoms with van der Waals surface area (Å²) in [6.07, 6.45) is 1.60. The second-order valence-electron chi connectivity index (χ2n) is 3.16. The van der Waals surface area contributed by atoms with Crippen molar-refractivity contribution in [1.82, 2.24) is 0 Å². The van der Waals surface area contributed by atoms with E-state index in [-0.39, 0.29) is 19.3 Å². The van der Waals surface area contributed by atoms with Gasteiger partial charge in [0.1, 0.15) is 6.54 Å². The molecular formula is C11H11NO4. The Morgan fingerprint density at radius 2 is 2.31 bits per heavy atom. The summed E-state index contributed by atoms with van der Waals surface area (Å²) in [5, 5.41) is 0. The summed E-state index contributed by atoms with van der Waals surface area (Å²) in [5.74, 6) is 1.06. The minimum Gasteiger partial charge on any atom is -0.468 e. The molecule has 0 N–H and O–H groups in total. The van der Waals surface area contributed by atoms with Crippen molar-refractivity contribution in [3.63, 3.8) is 0 Å². The lowest BCUT2D eigenvalue weighted by atomic mass is 10.2. The fourth-order valence-electron chi connectivity index (χ4n) is 1.28. The molecule has 0 bridgehead atoms. The molecule has 1 aliphatic rings. The van der Waals surface area contributed by atoms with Crippen molar-refractivity contribution in [3.05, 3.63) is 23.8 Å². The molecule has 0 aromatic heterocycles. The van der Waals surface area contributed by atoms with E-state index < -0.39 is 0 Å². The summed E-state index contributed by atoms with van der Waals surface area (Å²) in [7, 11) is 1.33. The zero-order chi connectivity index (χ0) is 11.4. The highest BCUT2D eigenvalue weighted by Crippen LogP contribution is 2.31. The fraction of sp³-hybridized carbons (Fsp3) is 0.273. The first-order valence-electron chi connectivity index (χ1n) is 4.76. The summed E-state index contributed by atoms with van der Waals surface area (Å²) in [6.45, 7) is 0.267. The average Bonchev–Trinajstić information content (AvgIpc) is 2.76. The van der Waals surface area contributed by atoms with Crippen LogP contribution in [0.5, 0.6) is 11.5 Å². The Balaban J connectivity index is 2.02. The normalized spacial score (nSPS) is 13.1. The maximum Gasteiger partial charge on any atom is 0.327 e. The van der Waals surface area contributed by atoms with Crippen molar-refractivity contribution < 1.29 is 19.0 Å². The van der Waals surface area contributed by atoms with Crippen LogP contribution in [-0.4, -0.2) is 32.6 Å². The Bertz CT molecular complexity index is 428. The lowest BCUT2D eigenvalue weighted by Crippen LogP contribution is -2.04. The van der Waals surface area contributed by atoms with Gasteiger partial charge >= 0.3 is 5.97 Å². The molecular weight excluding hydrogens is 210 g/mol. The van der Waals surface area contributed by atoms with E-state index in [9.17, 15) is 4.79 Å². The van der Waals surface area contributed by atoms with Crippen LogP contribution >= 0.6 is 0 Å². The molecule has 1 aromatic rings. The third-order valence-corrected chi connectivity index (χ3v) is 2.09. The van der Waals surface area contributed by atoms with E-state index in [0.717, 1.165) is 11.3 Å². The molecule has 16 heavy (non-hydrogen) atoms. The monoisotopic (exact) mass is 221 g/mol. The van der Waals surface area contributed by atoms with Crippen LogP contribution in [0.1, 0.15) is 5.56 Å². The first-order chi connectivity index (χ1) is 7.79. The molecule has 1 heterocycles. The summed E-state index contributed by atoms with van der Waals surface area (Å²) < 4.78 is 14.8. The van der Waals surface area contributed by atoms with Crippen molar-refractivity contribution in [3.8, 4) is 11.5 Å². The van der Waals surface area contributed by atoms with Crippen LogP contribution in [0.15, 0.2) is 23.2 Å². The van der Waals surface area contributed by atoms with Gasteiger partial charge in [0, 0.05) is 6.21 Å². The van der Waals surface area contributed by atoms with Gasteiger partial charge in [0.05, 0.1) is 7.11 Å². The molecule has 0 fully saturated rings. The van der Waals surface area contributed by atoms with Gasteiger partial charge in [-0.1, -0.05) is 0 Å². The Morgan fingerprint density at radius 1 is 1.50 bits per heavy atom. The average molecular weight is 221 g/mol. The molecule has 84 valence electrons. The first-order valence-corrected chi connectivity index (χ1v) is 4.76. The molecule has 1 aliphatic heterocycles. The number of aliphatic imine (C=N–C) groups is 1. The third kappa shape index (κ3) is 2.31. The molecule has 2 rings (SSSR count). The predicted molar refractivity (Wildman–Crippen MR) is 57.0 cm³/mol. The Labute approximate surface area is 92.6 Å². The van der Waals surface area contributed by atoms with Crippen LogP contribution in [0.25, 0.3) is 0 Å². The number of hydrogen-bond acceptors (Lipinski definition) is 5. The maximum atomic E-state index is 10.8. The van der Waals surface area contributed by atoms with Gasteiger partial charge in [-0.05, 0) is 23.8 Å². The van der Waals surface area contributed by atoms with Crippen molar-refractivity contribution >= 4 is 12.2 Å². The molecule has 0 unspecified atom stereocenters. The third-order valence-electron chi connectivity index (χ3n) is 2.09. The molecule has 0 saturated heterocycles. The maximum absolute atomic E-state index is 10.8. The van der Waals surface area contributed by atoms with Gasteiger partial charge < -0.3 is 14.2 Å². The highest BCUT2D eigenvalue weighted by atomic mass is 16.7. The van der Waals surface area contributed by atoms with Gasteiger partial charge in [0.15, 0.2) is 11.5 Å². The summed E-state index contributed by atoms with van der Waals surface area (Å²) in [5.41, 5.74) is 0.855. The SMILES string of the molecule is COC(=O)C/N=C/c1ccc2c(c1)OCO2. The Morgan fingerprint density at radius 3 is 3.12 bits per heavy atom. The van der Waals surface area contributed by atoms with Crippen molar-refractivity contribution in [2.24, 2.45) is 4.99 Å². The zero-order valence-electron chi connectivity index (χ0n) is 8.80. The standard InChI is InChI=1S/C11H11NO4/c1-14-11(13)6-12-5-8-2-3-9-10(4-8)16-7-15-9/h2-5H,6-7H2,1H3/b12-5+. The first kappa shape index (κ1) is 10.5. The van der Waals surface area contributed by atoms with Gasteiger partial charge in [-0.25, -0.2) is 0 Å². The Kier molecular flexibility index (Phi) is 3.05. The van der Waals surface area contributed by atoms with Crippen molar-refractivity contribution in [2.45, 2.75) is 0 Å². The quantitative estimate of drug-likeness (QED) is 0.564. The molecule has 0 saturated carbocycles. The molecule has 0 radical (unpaired) electrons. The number of hydrogen-bond donors (Lipinski definition) is 0. The van der Waals surface area contributed by atoms with Gasteiger partial charge in [0.2, 0.25) is 6.79 Å². The van der Waals surface area contributed by atoms with E-state index in [1.807, 2.05) is 18.2 Å². The zero-order valence-corrected chi connectivity index (χ0v) is 8.80. The van der Waals surface area contributed by atoms with E-state index in [1.54, 1.807) is 6.21 Å². The number of carbonyl (C=O) groups excluding carboxylic acids is 1. The fourth-order valence-corrected chi connectivity index (χ4v) is 1.28. The van der Waals surface area contributed by atoms with E-state index >= 15 is 0 Å². The van der Waals surface area contributed by atoms with E-state index in [2.05, 4.69) is 9.73 Å². The molecule has 0 amide bonds. The highest BCUT2D eigenvalue weighted by Gasteiger charge is 2.12. The van der Waals surface area contributed by atoms with Gasteiger partial charge in [-0.15, -0.1) is 0 Å². The molecule has 0 aliphatic carbocycles. The number of fused-ring (bicyclic) bond motifs is 1. The summed E-state index contributed by atoms with van der Waals surface area (Å²) in [6, 6.07) is 5.46. The second-order valence-corrected chi connectivity index (χ2v) is 3.16. The van der Waals surface area contributed by atoms with Crippen LogP contribution in [0.2, 0.25) is 0 Å². The number of benzene rings is 1. The Hall–Kier alpha value is -2.04. The molecule has 0 atom stereocenters.